The number of thiazole rings is 1. The van der Waals surface area contributed by atoms with Crippen LogP contribution in [0.2, 0.25) is 0 Å². The van der Waals surface area contributed by atoms with E-state index in [-0.39, 0.29) is 12.6 Å². The number of nitrogen functional groups attached to an aromatic ring is 1. The Labute approximate surface area is 87.0 Å². The molecule has 0 atom stereocenters. The van der Waals surface area contributed by atoms with Crippen LogP contribution in [-0.2, 0) is 9.47 Å². The molecule has 0 aliphatic carbocycles. The van der Waals surface area contributed by atoms with Crippen LogP contribution in [0, 0.1) is 0 Å². The first kappa shape index (κ1) is 9.89. The summed E-state index contributed by atoms with van der Waals surface area (Å²) < 4.78 is 10.7. The van der Waals surface area contributed by atoms with E-state index in [0.717, 1.165) is 10.7 Å². The van der Waals surface area contributed by atoms with Crippen LogP contribution in [0.4, 0.5) is 5.00 Å². The first-order chi connectivity index (χ1) is 6.58. The molecular weight excluding hydrogens is 200 g/mol. The molecule has 0 unspecified atom stereocenters. The van der Waals surface area contributed by atoms with Gasteiger partial charge in [0.15, 0.2) is 6.29 Å². The molecule has 1 saturated heterocycles. The zero-order valence-corrected chi connectivity index (χ0v) is 9.30. The molecule has 0 saturated carbocycles. The number of rotatable bonds is 2. The number of hydrogen-bond acceptors (Lipinski definition) is 5. The molecule has 2 rings (SSSR count). The Kier molecular flexibility index (Phi) is 2.47. The van der Waals surface area contributed by atoms with Crippen LogP contribution in [0.3, 0.4) is 0 Å². The number of ether oxygens (including phenoxy) is 2. The summed E-state index contributed by atoms with van der Waals surface area (Å²) >= 11 is 1.51. The molecule has 0 radical (unpaired) electrons. The highest BCUT2D eigenvalue weighted by Crippen LogP contribution is 2.38. The van der Waals surface area contributed by atoms with E-state index in [2.05, 4.69) is 18.8 Å². The largest absolute Gasteiger partial charge is 0.389 e. The van der Waals surface area contributed by atoms with Gasteiger partial charge in [0, 0.05) is 5.92 Å². The van der Waals surface area contributed by atoms with Crippen LogP contribution in [0.15, 0.2) is 0 Å². The number of nitrogens with two attached hydrogens (primary N) is 1. The van der Waals surface area contributed by atoms with Crippen LogP contribution in [0.5, 0.6) is 0 Å². The quantitative estimate of drug-likeness (QED) is 0.820. The average Bonchev–Trinajstić information content (AvgIpc) is 2.42. The fraction of sp³-hybridized carbons (Fsp3) is 0.667. The molecule has 2 heterocycles. The SMILES string of the molecule is CC1OC(c2nc(C(C)C)sc2N)O1. The predicted octanol–water partition coefficient (Wildman–Crippen LogP) is 2.24. The molecule has 2 N–H and O–H groups in total. The summed E-state index contributed by atoms with van der Waals surface area (Å²) in [5.74, 6) is 0.397. The van der Waals surface area contributed by atoms with Gasteiger partial charge in [-0.15, -0.1) is 11.3 Å². The van der Waals surface area contributed by atoms with E-state index in [1.54, 1.807) is 0 Å². The van der Waals surface area contributed by atoms with Crippen molar-refractivity contribution in [2.24, 2.45) is 0 Å². The number of aromatic nitrogens is 1. The lowest BCUT2D eigenvalue weighted by molar-refractivity contribution is -0.383. The summed E-state index contributed by atoms with van der Waals surface area (Å²) in [5, 5.41) is 1.73. The predicted molar refractivity (Wildman–Crippen MR) is 55.0 cm³/mol. The molecule has 0 spiro atoms. The van der Waals surface area contributed by atoms with Gasteiger partial charge in [0.05, 0.1) is 5.01 Å². The van der Waals surface area contributed by atoms with Gasteiger partial charge in [-0.2, -0.15) is 0 Å². The molecular formula is C9H14N2O2S. The Bertz CT molecular complexity index is 332. The maximum absolute atomic E-state index is 5.83. The van der Waals surface area contributed by atoms with Gasteiger partial charge in [-0.25, -0.2) is 4.98 Å². The summed E-state index contributed by atoms with van der Waals surface area (Å²) in [6, 6.07) is 0. The number of hydrogen-bond donors (Lipinski definition) is 1. The van der Waals surface area contributed by atoms with Crippen molar-refractivity contribution in [1.82, 2.24) is 4.98 Å². The van der Waals surface area contributed by atoms with Gasteiger partial charge in [0.1, 0.15) is 10.7 Å². The smallest absolute Gasteiger partial charge is 0.209 e. The lowest BCUT2D eigenvalue weighted by Gasteiger charge is -2.32. The van der Waals surface area contributed by atoms with Crippen LogP contribution in [-0.4, -0.2) is 11.3 Å². The standard InChI is InChI=1S/C9H14N2O2S/c1-4(2)8-11-6(7(10)14-8)9-12-5(3)13-9/h4-5,9H,10H2,1-3H3. The lowest BCUT2D eigenvalue weighted by atomic mass is 10.2. The number of anilines is 1. The molecule has 4 nitrogen and oxygen atoms in total. The molecule has 0 bridgehead atoms. The third kappa shape index (κ3) is 1.63. The highest BCUT2D eigenvalue weighted by Gasteiger charge is 2.32. The van der Waals surface area contributed by atoms with Gasteiger partial charge in [-0.05, 0) is 6.92 Å². The minimum Gasteiger partial charge on any atom is -0.389 e. The van der Waals surface area contributed by atoms with E-state index in [4.69, 9.17) is 15.2 Å². The normalized spacial score (nSPS) is 26.6. The molecule has 0 aromatic carbocycles. The molecule has 14 heavy (non-hydrogen) atoms. The topological polar surface area (TPSA) is 57.4 Å². The second-order valence-electron chi connectivity index (χ2n) is 3.63. The zero-order valence-electron chi connectivity index (χ0n) is 8.48. The molecule has 1 aliphatic heterocycles. The van der Waals surface area contributed by atoms with Crippen molar-refractivity contribution in [3.63, 3.8) is 0 Å². The Morgan fingerprint density at radius 3 is 2.50 bits per heavy atom. The third-order valence-corrected chi connectivity index (χ3v) is 3.25. The Morgan fingerprint density at radius 2 is 2.07 bits per heavy atom. The summed E-state index contributed by atoms with van der Waals surface area (Å²) in [5.41, 5.74) is 6.56. The molecule has 1 aromatic heterocycles. The van der Waals surface area contributed by atoms with E-state index >= 15 is 0 Å². The third-order valence-electron chi connectivity index (χ3n) is 2.05. The minimum absolute atomic E-state index is 0.136. The van der Waals surface area contributed by atoms with Crippen molar-refractivity contribution in [1.29, 1.82) is 0 Å². The Hall–Kier alpha value is -0.650. The fourth-order valence-corrected chi connectivity index (χ4v) is 2.12. The number of nitrogens with zero attached hydrogens (tertiary/aromatic N) is 1. The van der Waals surface area contributed by atoms with E-state index < -0.39 is 0 Å². The first-order valence-electron chi connectivity index (χ1n) is 4.65. The van der Waals surface area contributed by atoms with Crippen LogP contribution >= 0.6 is 11.3 Å². The second kappa shape index (κ2) is 3.49. The van der Waals surface area contributed by atoms with Crippen LogP contribution in [0.1, 0.15) is 43.7 Å². The van der Waals surface area contributed by atoms with Gasteiger partial charge in [0.2, 0.25) is 6.29 Å². The monoisotopic (exact) mass is 214 g/mol. The lowest BCUT2D eigenvalue weighted by Crippen LogP contribution is -2.32. The molecule has 1 aliphatic rings. The minimum atomic E-state index is -0.353. The van der Waals surface area contributed by atoms with Gasteiger partial charge in [0.25, 0.3) is 0 Å². The van der Waals surface area contributed by atoms with E-state index in [1.807, 2.05) is 6.92 Å². The fourth-order valence-electron chi connectivity index (χ4n) is 1.26. The molecule has 78 valence electrons. The first-order valence-corrected chi connectivity index (χ1v) is 5.46. The zero-order chi connectivity index (χ0) is 10.3. The second-order valence-corrected chi connectivity index (χ2v) is 4.69. The van der Waals surface area contributed by atoms with Gasteiger partial charge in [-0.3, -0.25) is 0 Å². The van der Waals surface area contributed by atoms with Crippen molar-refractivity contribution in [2.75, 3.05) is 5.73 Å². The van der Waals surface area contributed by atoms with E-state index in [0.29, 0.717) is 10.9 Å². The van der Waals surface area contributed by atoms with Crippen molar-refractivity contribution in [3.05, 3.63) is 10.7 Å². The van der Waals surface area contributed by atoms with E-state index in [9.17, 15) is 0 Å². The Balaban J connectivity index is 2.18. The highest BCUT2D eigenvalue weighted by molar-refractivity contribution is 7.15. The molecule has 0 amide bonds. The van der Waals surface area contributed by atoms with Gasteiger partial charge >= 0.3 is 0 Å². The van der Waals surface area contributed by atoms with E-state index in [1.165, 1.54) is 11.3 Å². The summed E-state index contributed by atoms with van der Waals surface area (Å²) in [6.45, 7) is 6.03. The van der Waals surface area contributed by atoms with Crippen molar-refractivity contribution in [2.45, 2.75) is 39.3 Å². The summed E-state index contributed by atoms with van der Waals surface area (Å²) in [6.07, 6.45) is -0.489. The van der Waals surface area contributed by atoms with Gasteiger partial charge < -0.3 is 15.2 Å². The summed E-state index contributed by atoms with van der Waals surface area (Å²) in [4.78, 5) is 4.41. The maximum Gasteiger partial charge on any atom is 0.209 e. The summed E-state index contributed by atoms with van der Waals surface area (Å²) in [7, 11) is 0. The highest BCUT2D eigenvalue weighted by atomic mass is 32.1. The average molecular weight is 214 g/mol. The van der Waals surface area contributed by atoms with Crippen molar-refractivity contribution >= 4 is 16.3 Å². The van der Waals surface area contributed by atoms with Crippen molar-refractivity contribution < 1.29 is 9.47 Å². The molecule has 5 heteroatoms. The Morgan fingerprint density at radius 1 is 1.43 bits per heavy atom. The molecule has 1 aromatic rings. The molecule has 1 fully saturated rings. The van der Waals surface area contributed by atoms with Crippen LogP contribution < -0.4 is 5.73 Å². The van der Waals surface area contributed by atoms with Crippen molar-refractivity contribution in [3.8, 4) is 0 Å². The van der Waals surface area contributed by atoms with Crippen LogP contribution in [0.25, 0.3) is 0 Å². The van der Waals surface area contributed by atoms with Gasteiger partial charge in [-0.1, -0.05) is 13.8 Å². The maximum atomic E-state index is 5.83.